The third-order valence-electron chi connectivity index (χ3n) is 0.425. The van der Waals surface area contributed by atoms with Crippen LogP contribution in [-0.4, -0.2) is 0 Å². The number of halogens is 2. The molecule has 3 heteroatoms. The summed E-state index contributed by atoms with van der Waals surface area (Å²) in [6, 6.07) is 4.04. The second-order valence-electron chi connectivity index (χ2n) is 0.793. The molecule has 1 aromatic rings. The average molecular weight is 185 g/mol. The zero-order valence-corrected chi connectivity index (χ0v) is 7.40. The van der Waals surface area contributed by atoms with E-state index in [9.17, 15) is 0 Å². The lowest BCUT2D eigenvalue weighted by Crippen LogP contribution is -1.16. The molecule has 0 spiro atoms. The van der Waals surface area contributed by atoms with Crippen molar-refractivity contribution in [3.8, 4) is 0 Å². The molecular formula is C6H10Cl2S. The van der Waals surface area contributed by atoms with Gasteiger partial charge in [-0.05, 0) is 10.8 Å². The summed E-state index contributed by atoms with van der Waals surface area (Å²) in [6.45, 7) is 6.00. The molecule has 0 aliphatic carbocycles. The van der Waals surface area contributed by atoms with Crippen molar-refractivity contribution in [2.75, 3.05) is 0 Å². The van der Waals surface area contributed by atoms with Gasteiger partial charge >= 0.3 is 0 Å². The van der Waals surface area contributed by atoms with Crippen molar-refractivity contribution < 1.29 is 0 Å². The van der Waals surface area contributed by atoms with Gasteiger partial charge in [0.1, 0.15) is 0 Å². The van der Waals surface area contributed by atoms with E-state index in [1.165, 1.54) is 0 Å². The van der Waals surface area contributed by atoms with Crippen LogP contribution in [0.3, 0.4) is 0 Å². The molecule has 1 rings (SSSR count). The van der Waals surface area contributed by atoms with Crippen molar-refractivity contribution in [2.45, 2.75) is 0 Å². The Hall–Kier alpha value is 0.0200. The van der Waals surface area contributed by atoms with Crippen LogP contribution in [0.5, 0.6) is 0 Å². The van der Waals surface area contributed by atoms with Crippen LogP contribution in [0.25, 0.3) is 0 Å². The maximum absolute atomic E-state index is 3.00. The quantitative estimate of drug-likeness (QED) is 0.543. The Kier molecular flexibility index (Phi) is 27.9. The molecule has 0 atom stereocenters. The molecule has 1 aromatic heterocycles. The minimum absolute atomic E-state index is 0. The molecule has 0 aromatic carbocycles. The second kappa shape index (κ2) is 15.7. The minimum Gasteiger partial charge on any atom is -0.152 e. The normalized spacial score (nSPS) is 4.89. The van der Waals surface area contributed by atoms with Gasteiger partial charge < -0.3 is 0 Å². The maximum atomic E-state index is 3.00. The van der Waals surface area contributed by atoms with E-state index in [0.29, 0.717) is 0 Å². The minimum atomic E-state index is 0. The molecule has 0 nitrogen and oxygen atoms in total. The van der Waals surface area contributed by atoms with Crippen molar-refractivity contribution in [1.29, 1.82) is 0 Å². The van der Waals surface area contributed by atoms with E-state index in [2.05, 4.69) is 13.2 Å². The molecule has 0 bridgehead atoms. The fraction of sp³-hybridized carbons (Fsp3) is 0. The van der Waals surface area contributed by atoms with Crippen molar-refractivity contribution >= 4 is 36.2 Å². The van der Waals surface area contributed by atoms with Gasteiger partial charge in [-0.15, -0.1) is 38.0 Å². The summed E-state index contributed by atoms with van der Waals surface area (Å²) in [5.74, 6) is 0. The summed E-state index contributed by atoms with van der Waals surface area (Å²) < 4.78 is 0. The summed E-state index contributed by atoms with van der Waals surface area (Å²) in [5.41, 5.74) is 0. The van der Waals surface area contributed by atoms with Crippen molar-refractivity contribution in [1.82, 2.24) is 0 Å². The molecule has 0 fully saturated rings. The van der Waals surface area contributed by atoms with Crippen LogP contribution in [0.4, 0.5) is 0 Å². The predicted octanol–water partition coefficient (Wildman–Crippen LogP) is 3.39. The number of rotatable bonds is 0. The van der Waals surface area contributed by atoms with E-state index in [1.54, 1.807) is 11.3 Å². The lowest BCUT2D eigenvalue weighted by atomic mass is 10.7. The predicted molar refractivity (Wildman–Crippen MR) is 50.1 cm³/mol. The molecular weight excluding hydrogens is 175 g/mol. The fourth-order valence-corrected chi connectivity index (χ4v) is 0.680. The molecule has 54 valence electrons. The van der Waals surface area contributed by atoms with E-state index >= 15 is 0 Å². The highest BCUT2D eigenvalue weighted by Crippen LogP contribution is 1.91. The Morgan fingerprint density at radius 3 is 1.33 bits per heavy atom. The number of hydrogen-bond donors (Lipinski definition) is 0. The van der Waals surface area contributed by atoms with Crippen LogP contribution in [0.1, 0.15) is 0 Å². The molecule has 1 heterocycles. The van der Waals surface area contributed by atoms with Gasteiger partial charge in [0.15, 0.2) is 0 Å². The smallest absolute Gasteiger partial charge is 0.00934 e. The first kappa shape index (κ1) is 16.0. The second-order valence-corrected chi connectivity index (χ2v) is 1.61. The zero-order chi connectivity index (χ0) is 5.54. The van der Waals surface area contributed by atoms with Crippen LogP contribution in [0.15, 0.2) is 36.1 Å². The number of thiophene rings is 1. The molecule has 9 heavy (non-hydrogen) atoms. The molecule has 0 aliphatic rings. The molecule has 0 amide bonds. The van der Waals surface area contributed by atoms with Gasteiger partial charge in [0.05, 0.1) is 0 Å². The van der Waals surface area contributed by atoms with E-state index < -0.39 is 0 Å². The van der Waals surface area contributed by atoms with E-state index in [4.69, 9.17) is 0 Å². The Morgan fingerprint density at radius 2 is 1.22 bits per heavy atom. The first-order valence-corrected chi connectivity index (χ1v) is 2.91. The van der Waals surface area contributed by atoms with Crippen molar-refractivity contribution in [3.63, 3.8) is 0 Å². The van der Waals surface area contributed by atoms with Crippen molar-refractivity contribution in [3.05, 3.63) is 36.1 Å². The van der Waals surface area contributed by atoms with E-state index in [0.717, 1.165) is 0 Å². The largest absolute Gasteiger partial charge is 0.152 e. The van der Waals surface area contributed by atoms with Crippen LogP contribution >= 0.6 is 36.2 Å². The van der Waals surface area contributed by atoms with Gasteiger partial charge in [-0.1, -0.05) is 12.1 Å². The molecule has 0 saturated heterocycles. The summed E-state index contributed by atoms with van der Waals surface area (Å²) in [7, 11) is 0. The Bertz CT molecular complexity index is 78.0. The van der Waals surface area contributed by atoms with Gasteiger partial charge in [0.2, 0.25) is 0 Å². The first-order valence-electron chi connectivity index (χ1n) is 1.97. The standard InChI is InChI=1S/C4H4S.C2H4.2ClH/c1-2-4-5-3-1;1-2;;/h1-4H;1-2H2;2*1H. The van der Waals surface area contributed by atoms with E-state index in [1.807, 2.05) is 22.9 Å². The molecule has 0 aliphatic heterocycles. The lowest BCUT2D eigenvalue weighted by Gasteiger charge is -1.39. The Balaban J connectivity index is -0.0000000836. The van der Waals surface area contributed by atoms with Gasteiger partial charge in [-0.2, -0.15) is 11.3 Å². The highest BCUT2D eigenvalue weighted by molar-refractivity contribution is 7.07. The third kappa shape index (κ3) is 11.5. The highest BCUT2D eigenvalue weighted by Gasteiger charge is 1.58. The monoisotopic (exact) mass is 184 g/mol. The van der Waals surface area contributed by atoms with Gasteiger partial charge in [0.25, 0.3) is 0 Å². The van der Waals surface area contributed by atoms with Crippen LogP contribution in [-0.2, 0) is 0 Å². The summed E-state index contributed by atoms with van der Waals surface area (Å²) in [6.07, 6.45) is 0. The average Bonchev–Trinajstić information content (AvgIpc) is 2.23. The SMILES string of the molecule is C=C.Cl.Cl.c1ccsc1. The Labute approximate surface area is 72.4 Å². The van der Waals surface area contributed by atoms with Gasteiger partial charge in [-0.25, -0.2) is 0 Å². The topological polar surface area (TPSA) is 0 Å². The molecule has 0 unspecified atom stereocenters. The first-order chi connectivity index (χ1) is 3.50. The maximum Gasteiger partial charge on any atom is -0.00934 e. The van der Waals surface area contributed by atoms with Crippen LogP contribution in [0, 0.1) is 0 Å². The summed E-state index contributed by atoms with van der Waals surface area (Å²) in [4.78, 5) is 0. The molecule has 0 saturated carbocycles. The lowest BCUT2D eigenvalue weighted by molar-refractivity contribution is 2.03. The number of hydrogen-bond acceptors (Lipinski definition) is 1. The summed E-state index contributed by atoms with van der Waals surface area (Å²) >= 11 is 1.71. The van der Waals surface area contributed by atoms with Gasteiger partial charge in [-0.3, -0.25) is 0 Å². The highest BCUT2D eigenvalue weighted by atomic mass is 35.5. The molecule has 0 radical (unpaired) electrons. The Morgan fingerprint density at radius 1 is 0.889 bits per heavy atom. The molecule has 0 N–H and O–H groups in total. The van der Waals surface area contributed by atoms with E-state index in [-0.39, 0.29) is 24.8 Å². The van der Waals surface area contributed by atoms with Gasteiger partial charge in [0, 0.05) is 0 Å². The summed E-state index contributed by atoms with van der Waals surface area (Å²) in [5, 5.41) is 4.08. The third-order valence-corrected chi connectivity index (χ3v) is 1.05. The fourth-order valence-electron chi connectivity index (χ4n) is 0.227. The zero-order valence-electron chi connectivity index (χ0n) is 4.95. The van der Waals surface area contributed by atoms with Crippen LogP contribution < -0.4 is 0 Å². The van der Waals surface area contributed by atoms with Crippen molar-refractivity contribution in [2.24, 2.45) is 0 Å². The van der Waals surface area contributed by atoms with Crippen LogP contribution in [0.2, 0.25) is 0 Å².